The van der Waals surface area contributed by atoms with Gasteiger partial charge in [-0.15, -0.1) is 11.8 Å². The largest absolute Gasteiger partial charge is 0.487 e. The van der Waals surface area contributed by atoms with Gasteiger partial charge in [0.2, 0.25) is 0 Å². The summed E-state index contributed by atoms with van der Waals surface area (Å²) in [6.45, 7) is 3.42. The summed E-state index contributed by atoms with van der Waals surface area (Å²) in [5.74, 6) is 0.917. The predicted octanol–water partition coefficient (Wildman–Crippen LogP) is 8.48. The summed E-state index contributed by atoms with van der Waals surface area (Å²) in [4.78, 5) is 5.96. The van der Waals surface area contributed by atoms with Crippen LogP contribution in [0.1, 0.15) is 35.9 Å². The minimum atomic E-state index is 0.414. The molecule has 5 aromatic rings. The van der Waals surface area contributed by atoms with Crippen molar-refractivity contribution in [1.82, 2.24) is 9.55 Å². The van der Waals surface area contributed by atoms with Crippen molar-refractivity contribution in [2.45, 2.75) is 49.5 Å². The van der Waals surface area contributed by atoms with E-state index in [0.717, 1.165) is 47.0 Å². The lowest BCUT2D eigenvalue weighted by atomic mass is 10.0. The van der Waals surface area contributed by atoms with Crippen LogP contribution in [-0.4, -0.2) is 14.8 Å². The van der Waals surface area contributed by atoms with Gasteiger partial charge < -0.3 is 9.30 Å². The molecule has 0 bridgehead atoms. The monoisotopic (exact) mass is 549 g/mol. The molecule has 2 aromatic heterocycles. The quantitative estimate of drug-likeness (QED) is 0.195. The summed E-state index contributed by atoms with van der Waals surface area (Å²) in [7, 11) is 0. The maximum absolute atomic E-state index is 9.40. The van der Waals surface area contributed by atoms with Crippen molar-refractivity contribution >= 4 is 34.3 Å². The van der Waals surface area contributed by atoms with E-state index in [-0.39, 0.29) is 0 Å². The summed E-state index contributed by atoms with van der Waals surface area (Å²) in [5.41, 5.74) is 8.01. The molecule has 0 saturated heterocycles. The van der Waals surface area contributed by atoms with Gasteiger partial charge in [0, 0.05) is 63.0 Å². The molecular formula is C33H28ClN3OS. The molecule has 1 aliphatic heterocycles. The SMILES string of the molecule is CC1Cc2c(OCc3ccc(-c4ccccc4)cn3)ccc3c2c(c(CCC#N)n3Cc2ccc(Cl)cc2)S1. The minimum Gasteiger partial charge on any atom is -0.487 e. The van der Waals surface area contributed by atoms with E-state index in [4.69, 9.17) is 16.3 Å². The van der Waals surface area contributed by atoms with Gasteiger partial charge in [-0.3, -0.25) is 4.98 Å². The number of hydrogen-bond donors (Lipinski definition) is 0. The highest BCUT2D eigenvalue weighted by atomic mass is 35.5. The third kappa shape index (κ3) is 5.28. The summed E-state index contributed by atoms with van der Waals surface area (Å²) in [6, 6.07) is 29.1. The number of pyridine rings is 1. The number of halogens is 1. The first-order chi connectivity index (χ1) is 19.1. The van der Waals surface area contributed by atoms with Crippen LogP contribution >= 0.6 is 23.4 Å². The van der Waals surface area contributed by atoms with Crippen LogP contribution in [0.5, 0.6) is 5.75 Å². The first kappa shape index (κ1) is 25.6. The van der Waals surface area contributed by atoms with Gasteiger partial charge in [-0.2, -0.15) is 5.26 Å². The van der Waals surface area contributed by atoms with Gasteiger partial charge in [-0.1, -0.05) is 67.1 Å². The molecule has 3 heterocycles. The van der Waals surface area contributed by atoms with E-state index in [1.165, 1.54) is 32.6 Å². The van der Waals surface area contributed by atoms with Crippen LogP contribution in [0, 0.1) is 11.3 Å². The van der Waals surface area contributed by atoms with Crippen LogP contribution in [0.2, 0.25) is 5.02 Å². The Labute approximate surface area is 238 Å². The van der Waals surface area contributed by atoms with Crippen molar-refractivity contribution in [2.75, 3.05) is 0 Å². The molecule has 39 heavy (non-hydrogen) atoms. The van der Waals surface area contributed by atoms with Crippen molar-refractivity contribution < 1.29 is 4.74 Å². The van der Waals surface area contributed by atoms with Crippen LogP contribution in [0.4, 0.5) is 0 Å². The summed E-state index contributed by atoms with van der Waals surface area (Å²) in [6.07, 6.45) is 4.06. The van der Waals surface area contributed by atoms with E-state index in [9.17, 15) is 5.26 Å². The molecule has 0 aliphatic carbocycles. The lowest BCUT2D eigenvalue weighted by molar-refractivity contribution is 0.298. The second-order valence-corrected chi connectivity index (χ2v) is 11.8. The molecule has 1 aliphatic rings. The standard InChI is InChI=1S/C33H28ClN3OS/c1-22-18-28-31(38-21-27-14-11-25(19-36-27)24-6-3-2-4-7-24)16-15-29-32(28)33(39-22)30(8-5-17-35)37(29)20-23-9-12-26(34)13-10-23/h2-4,6-7,9-16,19,22H,5,8,18,20-21H2,1H3. The third-order valence-electron chi connectivity index (χ3n) is 7.20. The van der Waals surface area contributed by atoms with Crippen LogP contribution in [0.15, 0.2) is 90.0 Å². The number of benzene rings is 3. The van der Waals surface area contributed by atoms with E-state index in [2.05, 4.69) is 65.0 Å². The van der Waals surface area contributed by atoms with Crippen LogP contribution in [0.25, 0.3) is 22.0 Å². The molecule has 6 rings (SSSR count). The van der Waals surface area contributed by atoms with Gasteiger partial charge >= 0.3 is 0 Å². The molecule has 1 atom stereocenters. The van der Waals surface area contributed by atoms with E-state index in [0.29, 0.717) is 18.3 Å². The second kappa shape index (κ2) is 11.2. The lowest BCUT2D eigenvalue weighted by Gasteiger charge is -2.22. The zero-order valence-electron chi connectivity index (χ0n) is 21.7. The number of thioether (sulfide) groups is 1. The highest BCUT2D eigenvalue weighted by Crippen LogP contribution is 2.47. The summed E-state index contributed by atoms with van der Waals surface area (Å²) < 4.78 is 8.80. The summed E-state index contributed by atoms with van der Waals surface area (Å²) in [5, 5.41) is 11.8. The van der Waals surface area contributed by atoms with Crippen LogP contribution in [-0.2, 0) is 26.0 Å². The average molecular weight is 550 g/mol. The Hall–Kier alpha value is -3.72. The number of hydrogen-bond acceptors (Lipinski definition) is 4. The first-order valence-electron chi connectivity index (χ1n) is 13.2. The minimum absolute atomic E-state index is 0.414. The van der Waals surface area contributed by atoms with Crippen LogP contribution < -0.4 is 4.74 Å². The molecule has 1 unspecified atom stereocenters. The maximum Gasteiger partial charge on any atom is 0.130 e. The Morgan fingerprint density at radius 2 is 1.85 bits per heavy atom. The van der Waals surface area contributed by atoms with Crippen molar-refractivity contribution in [1.29, 1.82) is 5.26 Å². The van der Waals surface area contributed by atoms with Crippen molar-refractivity contribution in [3.05, 3.63) is 113 Å². The Morgan fingerprint density at radius 3 is 2.59 bits per heavy atom. The molecule has 0 fully saturated rings. The van der Waals surface area contributed by atoms with Gasteiger partial charge in [-0.25, -0.2) is 0 Å². The van der Waals surface area contributed by atoms with Gasteiger partial charge in [-0.05, 0) is 47.9 Å². The Morgan fingerprint density at radius 1 is 1.03 bits per heavy atom. The molecule has 4 nitrogen and oxygen atoms in total. The molecule has 0 amide bonds. The average Bonchev–Trinajstić information content (AvgIpc) is 3.25. The van der Waals surface area contributed by atoms with Crippen LogP contribution in [0.3, 0.4) is 0 Å². The molecule has 6 heteroatoms. The van der Waals surface area contributed by atoms with Gasteiger partial charge in [0.15, 0.2) is 0 Å². The predicted molar refractivity (Wildman–Crippen MR) is 159 cm³/mol. The number of nitriles is 1. The fourth-order valence-electron chi connectivity index (χ4n) is 5.34. The first-order valence-corrected chi connectivity index (χ1v) is 14.4. The number of ether oxygens (including phenoxy) is 1. The molecule has 194 valence electrons. The second-order valence-electron chi connectivity index (χ2n) is 9.91. The van der Waals surface area contributed by atoms with Gasteiger partial charge in [0.1, 0.15) is 12.4 Å². The fourth-order valence-corrected chi connectivity index (χ4v) is 6.81. The smallest absolute Gasteiger partial charge is 0.130 e. The van der Waals surface area contributed by atoms with E-state index < -0.39 is 0 Å². The number of rotatable bonds is 8. The Kier molecular flexibility index (Phi) is 7.32. The zero-order chi connectivity index (χ0) is 26.8. The Bertz CT molecular complexity index is 1650. The molecule has 0 spiro atoms. The Balaban J connectivity index is 1.33. The number of nitrogens with zero attached hydrogens (tertiary/aromatic N) is 3. The molecule has 0 saturated carbocycles. The third-order valence-corrected chi connectivity index (χ3v) is 8.70. The molecule has 3 aromatic carbocycles. The van der Waals surface area contributed by atoms with Crippen molar-refractivity contribution in [2.24, 2.45) is 0 Å². The summed E-state index contributed by atoms with van der Waals surface area (Å²) >= 11 is 8.06. The van der Waals surface area contributed by atoms with E-state index >= 15 is 0 Å². The van der Waals surface area contributed by atoms with Gasteiger partial charge in [0.25, 0.3) is 0 Å². The van der Waals surface area contributed by atoms with E-state index in [1.54, 1.807) is 0 Å². The fraction of sp³-hybridized carbons (Fsp3) is 0.212. The maximum atomic E-state index is 9.40. The highest BCUT2D eigenvalue weighted by molar-refractivity contribution is 8.00. The van der Waals surface area contributed by atoms with Gasteiger partial charge in [0.05, 0.1) is 17.3 Å². The molecular weight excluding hydrogens is 522 g/mol. The topological polar surface area (TPSA) is 50.8 Å². The molecule has 0 radical (unpaired) electrons. The lowest BCUT2D eigenvalue weighted by Crippen LogP contribution is -2.10. The van der Waals surface area contributed by atoms with Crippen molar-refractivity contribution in [3.8, 4) is 22.9 Å². The zero-order valence-corrected chi connectivity index (χ0v) is 23.3. The normalized spacial score (nSPS) is 14.3. The highest BCUT2D eigenvalue weighted by Gasteiger charge is 2.28. The van der Waals surface area contributed by atoms with Crippen molar-refractivity contribution in [3.63, 3.8) is 0 Å². The number of aromatic nitrogens is 2. The van der Waals surface area contributed by atoms with E-state index in [1.807, 2.05) is 54.4 Å². The molecule has 0 N–H and O–H groups in total.